The Balaban J connectivity index is 1.76. The van der Waals surface area contributed by atoms with Crippen molar-refractivity contribution in [2.75, 3.05) is 18.0 Å². The minimum absolute atomic E-state index is 0.117. The number of carbonyl (C=O) groups is 2. The summed E-state index contributed by atoms with van der Waals surface area (Å²) in [5.41, 5.74) is 6.90. The fourth-order valence-corrected chi connectivity index (χ4v) is 3.11. The Morgan fingerprint density at radius 2 is 2.23 bits per heavy atom. The molecular weight excluding hydrogens is 278 g/mol. The summed E-state index contributed by atoms with van der Waals surface area (Å²) in [6, 6.07) is 7.28. The molecule has 1 saturated carbocycles. The van der Waals surface area contributed by atoms with Gasteiger partial charge in [0, 0.05) is 30.8 Å². The number of carbonyl (C=O) groups excluding carboxylic acids is 2. The average Bonchev–Trinajstić information content (AvgIpc) is 3.30. The summed E-state index contributed by atoms with van der Waals surface area (Å²) in [6.07, 6.45) is 3.71. The van der Waals surface area contributed by atoms with Gasteiger partial charge in [-0.1, -0.05) is 6.07 Å². The smallest absolute Gasteiger partial charge is 0.251 e. The molecule has 1 unspecified atom stereocenters. The molecule has 5 nitrogen and oxygen atoms in total. The van der Waals surface area contributed by atoms with E-state index in [4.69, 9.17) is 5.73 Å². The van der Waals surface area contributed by atoms with Gasteiger partial charge in [0.05, 0.1) is 5.54 Å². The maximum atomic E-state index is 12.5. The number of hydrogen-bond acceptors (Lipinski definition) is 3. The van der Waals surface area contributed by atoms with E-state index in [9.17, 15) is 9.59 Å². The SMILES string of the molecule is CC(CN)(NC(=O)c1cccc(N2CCCC2=O)c1)C1CC1. The first kappa shape index (κ1) is 15.0. The third kappa shape index (κ3) is 2.86. The number of anilines is 1. The van der Waals surface area contributed by atoms with Crippen molar-refractivity contribution in [3.63, 3.8) is 0 Å². The van der Waals surface area contributed by atoms with Gasteiger partial charge in [0.15, 0.2) is 0 Å². The van der Waals surface area contributed by atoms with E-state index >= 15 is 0 Å². The van der Waals surface area contributed by atoms with E-state index in [1.807, 2.05) is 19.1 Å². The summed E-state index contributed by atoms with van der Waals surface area (Å²) in [6.45, 7) is 3.18. The normalized spacial score (nSPS) is 20.8. The van der Waals surface area contributed by atoms with Crippen LogP contribution in [0.4, 0.5) is 5.69 Å². The molecule has 1 aliphatic heterocycles. The Bertz CT molecular complexity index is 597. The van der Waals surface area contributed by atoms with Crippen molar-refractivity contribution in [3.05, 3.63) is 29.8 Å². The van der Waals surface area contributed by atoms with Gasteiger partial charge in [-0.05, 0) is 50.3 Å². The highest BCUT2D eigenvalue weighted by Crippen LogP contribution is 2.39. The average molecular weight is 301 g/mol. The van der Waals surface area contributed by atoms with Crippen LogP contribution in [0.25, 0.3) is 0 Å². The van der Waals surface area contributed by atoms with Crippen molar-refractivity contribution in [3.8, 4) is 0 Å². The van der Waals surface area contributed by atoms with Crippen LogP contribution in [0.1, 0.15) is 43.0 Å². The molecule has 0 bridgehead atoms. The van der Waals surface area contributed by atoms with Crippen molar-refractivity contribution in [1.29, 1.82) is 0 Å². The van der Waals surface area contributed by atoms with E-state index in [0.717, 1.165) is 31.5 Å². The molecule has 1 aromatic carbocycles. The van der Waals surface area contributed by atoms with Gasteiger partial charge in [0.1, 0.15) is 0 Å². The lowest BCUT2D eigenvalue weighted by molar-refractivity contribution is -0.117. The second-order valence-electron chi connectivity index (χ2n) is 6.55. The fourth-order valence-electron chi connectivity index (χ4n) is 3.11. The molecule has 3 N–H and O–H groups in total. The second-order valence-corrected chi connectivity index (χ2v) is 6.55. The summed E-state index contributed by atoms with van der Waals surface area (Å²) >= 11 is 0. The molecule has 1 aromatic rings. The van der Waals surface area contributed by atoms with Crippen LogP contribution in [-0.2, 0) is 4.79 Å². The lowest BCUT2D eigenvalue weighted by Gasteiger charge is -2.29. The minimum Gasteiger partial charge on any atom is -0.345 e. The lowest BCUT2D eigenvalue weighted by atomic mass is 9.95. The third-order valence-electron chi connectivity index (χ3n) is 4.79. The second kappa shape index (κ2) is 5.72. The Kier molecular flexibility index (Phi) is 3.91. The molecule has 1 atom stereocenters. The molecule has 118 valence electrons. The van der Waals surface area contributed by atoms with Crippen LogP contribution in [0, 0.1) is 5.92 Å². The van der Waals surface area contributed by atoms with E-state index in [0.29, 0.717) is 24.4 Å². The van der Waals surface area contributed by atoms with Gasteiger partial charge in [0.25, 0.3) is 5.91 Å². The van der Waals surface area contributed by atoms with Crippen molar-refractivity contribution in [1.82, 2.24) is 5.32 Å². The lowest BCUT2D eigenvalue weighted by Crippen LogP contribution is -2.53. The fraction of sp³-hybridized carbons (Fsp3) is 0.529. The Labute approximate surface area is 130 Å². The van der Waals surface area contributed by atoms with Crippen molar-refractivity contribution in [2.24, 2.45) is 11.7 Å². The van der Waals surface area contributed by atoms with Crippen LogP contribution in [0.5, 0.6) is 0 Å². The van der Waals surface area contributed by atoms with Gasteiger partial charge in [-0.25, -0.2) is 0 Å². The maximum Gasteiger partial charge on any atom is 0.251 e. The summed E-state index contributed by atoms with van der Waals surface area (Å²) in [4.78, 5) is 26.1. The molecule has 1 aliphatic carbocycles. The number of nitrogens with zero attached hydrogens (tertiary/aromatic N) is 1. The first-order chi connectivity index (χ1) is 10.5. The van der Waals surface area contributed by atoms with Crippen LogP contribution >= 0.6 is 0 Å². The predicted octanol–water partition coefficient (Wildman–Crippen LogP) is 1.67. The first-order valence-corrected chi connectivity index (χ1v) is 7.96. The molecule has 0 spiro atoms. The van der Waals surface area contributed by atoms with Crippen molar-refractivity contribution >= 4 is 17.5 Å². The molecule has 5 heteroatoms. The van der Waals surface area contributed by atoms with Crippen molar-refractivity contribution in [2.45, 2.75) is 38.1 Å². The molecule has 0 aromatic heterocycles. The number of hydrogen-bond donors (Lipinski definition) is 2. The minimum atomic E-state index is -0.337. The number of nitrogens with two attached hydrogens (primary N) is 1. The molecule has 2 amide bonds. The molecule has 1 heterocycles. The zero-order chi connectivity index (χ0) is 15.7. The number of rotatable bonds is 5. The summed E-state index contributed by atoms with van der Waals surface area (Å²) in [7, 11) is 0. The molecular formula is C17H23N3O2. The van der Waals surface area contributed by atoms with E-state index in [2.05, 4.69) is 5.32 Å². The highest BCUT2D eigenvalue weighted by molar-refractivity contribution is 5.99. The first-order valence-electron chi connectivity index (χ1n) is 7.96. The van der Waals surface area contributed by atoms with E-state index in [-0.39, 0.29) is 17.4 Å². The summed E-state index contributed by atoms with van der Waals surface area (Å²) in [5, 5.41) is 3.08. The highest BCUT2D eigenvalue weighted by atomic mass is 16.2. The van der Waals surface area contributed by atoms with Gasteiger partial charge in [0.2, 0.25) is 5.91 Å². The maximum absolute atomic E-state index is 12.5. The van der Waals surface area contributed by atoms with Gasteiger partial charge < -0.3 is 16.0 Å². The van der Waals surface area contributed by atoms with Gasteiger partial charge in [-0.15, -0.1) is 0 Å². The van der Waals surface area contributed by atoms with Crippen LogP contribution in [0.2, 0.25) is 0 Å². The van der Waals surface area contributed by atoms with Gasteiger partial charge in [-0.2, -0.15) is 0 Å². The highest BCUT2D eigenvalue weighted by Gasteiger charge is 2.41. The quantitative estimate of drug-likeness (QED) is 0.868. The Morgan fingerprint density at radius 3 is 2.82 bits per heavy atom. The number of nitrogens with one attached hydrogen (secondary N) is 1. The standard InChI is InChI=1S/C17H23N3O2/c1-17(11-18,13-7-8-13)19-16(22)12-4-2-5-14(10-12)20-9-3-6-15(20)21/h2,4-5,10,13H,3,6-9,11,18H2,1H3,(H,19,22). The van der Waals surface area contributed by atoms with E-state index < -0.39 is 0 Å². The van der Waals surface area contributed by atoms with Crippen LogP contribution in [-0.4, -0.2) is 30.4 Å². The van der Waals surface area contributed by atoms with Crippen LogP contribution in [0.3, 0.4) is 0 Å². The molecule has 2 fully saturated rings. The molecule has 1 saturated heterocycles. The largest absolute Gasteiger partial charge is 0.345 e. The van der Waals surface area contributed by atoms with Gasteiger partial charge >= 0.3 is 0 Å². The Hall–Kier alpha value is -1.88. The summed E-state index contributed by atoms with van der Waals surface area (Å²) in [5.74, 6) is 0.487. The molecule has 0 radical (unpaired) electrons. The monoisotopic (exact) mass is 301 g/mol. The van der Waals surface area contributed by atoms with Crippen LogP contribution < -0.4 is 16.0 Å². The molecule has 2 aliphatic rings. The predicted molar refractivity (Wildman–Crippen MR) is 85.7 cm³/mol. The summed E-state index contributed by atoms with van der Waals surface area (Å²) < 4.78 is 0. The van der Waals surface area contributed by atoms with Crippen LogP contribution in [0.15, 0.2) is 24.3 Å². The topological polar surface area (TPSA) is 75.4 Å². The zero-order valence-corrected chi connectivity index (χ0v) is 13.0. The Morgan fingerprint density at radius 1 is 1.45 bits per heavy atom. The number of benzene rings is 1. The zero-order valence-electron chi connectivity index (χ0n) is 13.0. The third-order valence-corrected chi connectivity index (χ3v) is 4.79. The van der Waals surface area contributed by atoms with E-state index in [1.54, 1.807) is 17.0 Å². The molecule has 22 heavy (non-hydrogen) atoms. The molecule has 3 rings (SSSR count). The van der Waals surface area contributed by atoms with Gasteiger partial charge in [-0.3, -0.25) is 9.59 Å². The van der Waals surface area contributed by atoms with E-state index in [1.165, 1.54) is 0 Å². The number of amides is 2. The van der Waals surface area contributed by atoms with Crippen molar-refractivity contribution < 1.29 is 9.59 Å².